The summed E-state index contributed by atoms with van der Waals surface area (Å²) in [5.41, 5.74) is 1.98. The first kappa shape index (κ1) is 27.2. The Balaban J connectivity index is 1.92. The standard InChI is InChI=1S/C27H45NO3/c1-5-31-26(30)23-17-19-24(20-18-23)28-22-13-11-9-7-6-8-10-12-15-25(29)16-14-21-27(2,3)4/h17-20,28H,5-16,21-22H2,1-4H3. The van der Waals surface area contributed by atoms with Crippen LogP contribution in [0.1, 0.15) is 115 Å². The van der Waals surface area contributed by atoms with E-state index in [-0.39, 0.29) is 5.97 Å². The first-order valence-electron chi connectivity index (χ1n) is 12.3. The van der Waals surface area contributed by atoms with Gasteiger partial charge in [-0.1, -0.05) is 59.3 Å². The molecule has 176 valence electrons. The second-order valence-corrected chi connectivity index (χ2v) is 9.76. The summed E-state index contributed by atoms with van der Waals surface area (Å²) < 4.78 is 4.99. The third-order valence-electron chi connectivity index (χ3n) is 5.49. The number of nitrogens with one attached hydrogen (secondary N) is 1. The Morgan fingerprint density at radius 2 is 1.35 bits per heavy atom. The summed E-state index contributed by atoms with van der Waals surface area (Å²) in [6.45, 7) is 9.88. The van der Waals surface area contributed by atoms with E-state index in [0.717, 1.165) is 50.8 Å². The Kier molecular flexibility index (Phi) is 13.9. The summed E-state index contributed by atoms with van der Waals surface area (Å²) in [6, 6.07) is 7.47. The van der Waals surface area contributed by atoms with E-state index in [1.165, 1.54) is 38.5 Å². The predicted octanol–water partition coefficient (Wildman–Crippen LogP) is 7.57. The molecule has 0 radical (unpaired) electrons. The van der Waals surface area contributed by atoms with Gasteiger partial charge in [-0.05, 0) is 62.3 Å². The lowest BCUT2D eigenvalue weighted by Crippen LogP contribution is -2.06. The highest BCUT2D eigenvalue weighted by atomic mass is 16.5. The quantitative estimate of drug-likeness (QED) is 0.204. The van der Waals surface area contributed by atoms with Crippen molar-refractivity contribution in [1.82, 2.24) is 0 Å². The van der Waals surface area contributed by atoms with Gasteiger partial charge in [-0.2, -0.15) is 0 Å². The van der Waals surface area contributed by atoms with Gasteiger partial charge in [0.1, 0.15) is 5.78 Å². The van der Waals surface area contributed by atoms with Gasteiger partial charge in [-0.3, -0.25) is 4.79 Å². The van der Waals surface area contributed by atoms with E-state index in [1.807, 2.05) is 19.1 Å². The van der Waals surface area contributed by atoms with E-state index in [9.17, 15) is 9.59 Å². The van der Waals surface area contributed by atoms with Crippen LogP contribution in [-0.4, -0.2) is 24.9 Å². The Labute approximate surface area is 190 Å². The molecule has 0 spiro atoms. The minimum absolute atomic E-state index is 0.267. The van der Waals surface area contributed by atoms with Crippen LogP contribution in [0.3, 0.4) is 0 Å². The molecule has 0 saturated carbocycles. The smallest absolute Gasteiger partial charge is 0.338 e. The normalized spacial score (nSPS) is 11.4. The van der Waals surface area contributed by atoms with Gasteiger partial charge in [-0.15, -0.1) is 0 Å². The lowest BCUT2D eigenvalue weighted by molar-refractivity contribution is -0.119. The average molecular weight is 432 g/mol. The van der Waals surface area contributed by atoms with Crippen LogP contribution in [0.4, 0.5) is 5.69 Å². The molecule has 1 aromatic carbocycles. The van der Waals surface area contributed by atoms with E-state index < -0.39 is 0 Å². The number of esters is 1. The molecule has 4 heteroatoms. The van der Waals surface area contributed by atoms with Crippen LogP contribution in [0.15, 0.2) is 24.3 Å². The van der Waals surface area contributed by atoms with Gasteiger partial charge >= 0.3 is 5.97 Å². The van der Waals surface area contributed by atoms with Crippen molar-refractivity contribution in [2.75, 3.05) is 18.5 Å². The molecule has 0 saturated heterocycles. The van der Waals surface area contributed by atoms with Crippen LogP contribution >= 0.6 is 0 Å². The molecule has 1 rings (SSSR count). The second kappa shape index (κ2) is 15.9. The molecule has 31 heavy (non-hydrogen) atoms. The highest BCUT2D eigenvalue weighted by Crippen LogP contribution is 2.22. The molecule has 0 amide bonds. The maximum atomic E-state index is 11.9. The molecule has 1 aromatic rings. The van der Waals surface area contributed by atoms with Crippen molar-refractivity contribution in [3.8, 4) is 0 Å². The van der Waals surface area contributed by atoms with Crippen molar-refractivity contribution in [2.24, 2.45) is 5.41 Å². The summed E-state index contributed by atoms with van der Waals surface area (Å²) in [7, 11) is 0. The maximum absolute atomic E-state index is 11.9. The minimum atomic E-state index is -0.267. The number of benzene rings is 1. The van der Waals surface area contributed by atoms with Gasteiger partial charge in [0.15, 0.2) is 0 Å². The fourth-order valence-electron chi connectivity index (χ4n) is 3.62. The van der Waals surface area contributed by atoms with E-state index in [1.54, 1.807) is 12.1 Å². The van der Waals surface area contributed by atoms with Gasteiger partial charge < -0.3 is 10.1 Å². The average Bonchev–Trinajstić information content (AvgIpc) is 2.71. The number of Topliss-reactive ketones (excluding diaryl/α,β-unsaturated/α-hetero) is 1. The molecule has 0 aliphatic carbocycles. The third-order valence-corrected chi connectivity index (χ3v) is 5.49. The Morgan fingerprint density at radius 3 is 1.94 bits per heavy atom. The molecule has 0 fully saturated rings. The van der Waals surface area contributed by atoms with Gasteiger partial charge in [0.2, 0.25) is 0 Å². The number of ether oxygens (including phenoxy) is 1. The van der Waals surface area contributed by atoms with Crippen LogP contribution in [0.25, 0.3) is 0 Å². The number of carbonyl (C=O) groups excluding carboxylic acids is 2. The van der Waals surface area contributed by atoms with E-state index in [2.05, 4.69) is 26.1 Å². The Hall–Kier alpha value is -1.84. The Bertz CT molecular complexity index is 616. The summed E-state index contributed by atoms with van der Waals surface area (Å²) in [4.78, 5) is 23.6. The number of rotatable bonds is 17. The third kappa shape index (κ3) is 14.7. The molecule has 0 bridgehead atoms. The van der Waals surface area contributed by atoms with Gasteiger partial charge in [0.05, 0.1) is 12.2 Å². The molecule has 4 nitrogen and oxygen atoms in total. The van der Waals surface area contributed by atoms with Crippen molar-refractivity contribution in [3.05, 3.63) is 29.8 Å². The van der Waals surface area contributed by atoms with Gasteiger partial charge in [0.25, 0.3) is 0 Å². The van der Waals surface area contributed by atoms with E-state index in [0.29, 0.717) is 23.4 Å². The van der Waals surface area contributed by atoms with Gasteiger partial charge in [0, 0.05) is 25.1 Å². The molecule has 1 N–H and O–H groups in total. The largest absolute Gasteiger partial charge is 0.462 e. The number of hydrogen-bond acceptors (Lipinski definition) is 4. The number of anilines is 1. The molecule has 0 aliphatic rings. The molecule has 0 aliphatic heterocycles. The number of unbranched alkanes of at least 4 members (excludes halogenated alkanes) is 7. The van der Waals surface area contributed by atoms with Crippen LogP contribution in [0.2, 0.25) is 0 Å². The topological polar surface area (TPSA) is 55.4 Å². The first-order chi connectivity index (χ1) is 14.8. The SMILES string of the molecule is CCOC(=O)c1ccc(NCCCCCCCCCCC(=O)CCCC(C)(C)C)cc1. The van der Waals surface area contributed by atoms with Crippen molar-refractivity contribution >= 4 is 17.4 Å². The lowest BCUT2D eigenvalue weighted by Gasteiger charge is -2.17. The van der Waals surface area contributed by atoms with Crippen molar-refractivity contribution in [3.63, 3.8) is 0 Å². The fraction of sp³-hybridized carbons (Fsp3) is 0.704. The van der Waals surface area contributed by atoms with Crippen LogP contribution in [0.5, 0.6) is 0 Å². The number of carbonyl (C=O) groups is 2. The monoisotopic (exact) mass is 431 g/mol. The minimum Gasteiger partial charge on any atom is -0.462 e. The van der Waals surface area contributed by atoms with Crippen molar-refractivity contribution in [2.45, 2.75) is 105 Å². The Morgan fingerprint density at radius 1 is 0.806 bits per heavy atom. The van der Waals surface area contributed by atoms with E-state index >= 15 is 0 Å². The summed E-state index contributed by atoms with van der Waals surface area (Å²) >= 11 is 0. The lowest BCUT2D eigenvalue weighted by atomic mass is 9.89. The highest BCUT2D eigenvalue weighted by Gasteiger charge is 2.11. The molecule has 0 heterocycles. The van der Waals surface area contributed by atoms with E-state index in [4.69, 9.17) is 4.74 Å². The van der Waals surface area contributed by atoms with Crippen molar-refractivity contribution in [1.29, 1.82) is 0 Å². The number of hydrogen-bond donors (Lipinski definition) is 1. The molecular weight excluding hydrogens is 386 g/mol. The van der Waals surface area contributed by atoms with Crippen LogP contribution in [-0.2, 0) is 9.53 Å². The first-order valence-corrected chi connectivity index (χ1v) is 12.3. The fourth-order valence-corrected chi connectivity index (χ4v) is 3.62. The van der Waals surface area contributed by atoms with Crippen LogP contribution < -0.4 is 5.32 Å². The predicted molar refractivity (Wildman–Crippen MR) is 131 cm³/mol. The maximum Gasteiger partial charge on any atom is 0.338 e. The highest BCUT2D eigenvalue weighted by molar-refractivity contribution is 5.89. The molecular formula is C27H45NO3. The summed E-state index contributed by atoms with van der Waals surface area (Å²) in [5, 5.41) is 3.41. The summed E-state index contributed by atoms with van der Waals surface area (Å²) in [5.74, 6) is 0.184. The van der Waals surface area contributed by atoms with Crippen molar-refractivity contribution < 1.29 is 14.3 Å². The second-order valence-electron chi connectivity index (χ2n) is 9.76. The zero-order valence-electron chi connectivity index (χ0n) is 20.4. The molecule has 0 atom stereocenters. The molecule has 0 unspecified atom stereocenters. The van der Waals surface area contributed by atoms with Crippen LogP contribution in [0, 0.1) is 5.41 Å². The molecule has 0 aromatic heterocycles. The summed E-state index contributed by atoms with van der Waals surface area (Å²) in [6.07, 6.45) is 13.4. The zero-order chi connectivity index (χ0) is 23.0. The number of ketones is 1. The van der Waals surface area contributed by atoms with Gasteiger partial charge in [-0.25, -0.2) is 4.79 Å². The zero-order valence-corrected chi connectivity index (χ0v) is 20.4.